The number of piperazine rings is 1. The molecule has 3 heterocycles. The van der Waals surface area contributed by atoms with Gasteiger partial charge in [0.2, 0.25) is 11.8 Å². The molecule has 2 amide bonds. The van der Waals surface area contributed by atoms with Crippen LogP contribution in [0.25, 0.3) is 10.9 Å². The first kappa shape index (κ1) is 22.3. The maximum absolute atomic E-state index is 13.8. The zero-order chi connectivity index (χ0) is 24.8. The summed E-state index contributed by atoms with van der Waals surface area (Å²) >= 11 is 0. The van der Waals surface area contributed by atoms with Crippen molar-refractivity contribution in [1.82, 2.24) is 14.8 Å². The summed E-state index contributed by atoms with van der Waals surface area (Å²) in [6.45, 7) is 0.428. The zero-order valence-corrected chi connectivity index (χ0v) is 19.9. The smallest absolute Gasteiger partial charge is 0.246 e. The summed E-state index contributed by atoms with van der Waals surface area (Å²) in [5, 5.41) is 1.07. The Hall–Kier alpha value is -4.13. The van der Waals surface area contributed by atoms with E-state index < -0.39 is 12.1 Å². The molecule has 3 aromatic carbocycles. The van der Waals surface area contributed by atoms with E-state index in [2.05, 4.69) is 11.1 Å². The molecule has 0 spiro atoms. The average Bonchev–Trinajstić information content (AvgIpc) is 3.28. The number of carbonyl (C=O) groups excluding carboxylic acids is 2. The van der Waals surface area contributed by atoms with Crippen LogP contribution in [0.1, 0.15) is 28.4 Å². The number of ether oxygens (including phenoxy) is 1. The zero-order valence-electron chi connectivity index (χ0n) is 19.9. The second-order valence-electron chi connectivity index (χ2n) is 9.40. The number of halogens is 1. The van der Waals surface area contributed by atoms with Crippen molar-refractivity contribution < 1.29 is 18.7 Å². The molecule has 2 aliphatic heterocycles. The van der Waals surface area contributed by atoms with Gasteiger partial charge >= 0.3 is 0 Å². The minimum absolute atomic E-state index is 0.0204. The molecule has 1 saturated heterocycles. The Kier molecular flexibility index (Phi) is 5.48. The summed E-state index contributed by atoms with van der Waals surface area (Å²) in [5.74, 6) is 0.263. The number of rotatable bonds is 5. The van der Waals surface area contributed by atoms with Crippen LogP contribution in [0.15, 0.2) is 72.8 Å². The third-order valence-corrected chi connectivity index (χ3v) is 7.34. The Morgan fingerprint density at radius 2 is 1.83 bits per heavy atom. The number of H-pyrrole nitrogens is 1. The van der Waals surface area contributed by atoms with E-state index in [0.717, 1.165) is 33.3 Å². The van der Waals surface area contributed by atoms with Crippen molar-refractivity contribution >= 4 is 22.7 Å². The summed E-state index contributed by atoms with van der Waals surface area (Å²) in [6.07, 6.45) is 1.01. The van der Waals surface area contributed by atoms with E-state index in [-0.39, 0.29) is 24.2 Å². The van der Waals surface area contributed by atoms with Crippen molar-refractivity contribution in [2.45, 2.75) is 24.9 Å². The third kappa shape index (κ3) is 3.71. The van der Waals surface area contributed by atoms with Crippen LogP contribution in [0.5, 0.6) is 5.75 Å². The second kappa shape index (κ2) is 8.82. The molecule has 0 aliphatic carbocycles. The van der Waals surface area contributed by atoms with E-state index in [1.165, 1.54) is 12.1 Å². The molecule has 36 heavy (non-hydrogen) atoms. The summed E-state index contributed by atoms with van der Waals surface area (Å²) in [4.78, 5) is 34.4. The topological polar surface area (TPSA) is 65.6 Å². The monoisotopic (exact) mass is 483 g/mol. The second-order valence-corrected chi connectivity index (χ2v) is 9.40. The first-order chi connectivity index (χ1) is 17.5. The van der Waals surface area contributed by atoms with Gasteiger partial charge in [0.05, 0.1) is 19.7 Å². The quantitative estimate of drug-likeness (QED) is 0.462. The SMILES string of the molecule is COc1cccc([C@@H]2c3[nH]c4ccccc4c3C[C@H]3C(=O)N(CCc4ccc(F)cc4)CC(=O)N23)c1. The van der Waals surface area contributed by atoms with E-state index in [1.807, 2.05) is 42.5 Å². The molecule has 6 nitrogen and oxygen atoms in total. The number of para-hydroxylation sites is 1. The molecule has 1 fully saturated rings. The number of methoxy groups -OCH3 is 1. The molecule has 1 N–H and O–H groups in total. The molecule has 0 radical (unpaired) electrons. The number of nitrogens with zero attached hydrogens (tertiary/aromatic N) is 2. The molecule has 2 aliphatic rings. The van der Waals surface area contributed by atoms with Crippen LogP contribution in [-0.4, -0.2) is 52.8 Å². The first-order valence-electron chi connectivity index (χ1n) is 12.1. The minimum Gasteiger partial charge on any atom is -0.497 e. The van der Waals surface area contributed by atoms with Gasteiger partial charge in [0.1, 0.15) is 17.6 Å². The van der Waals surface area contributed by atoms with Gasteiger partial charge in [-0.2, -0.15) is 0 Å². The van der Waals surface area contributed by atoms with Crippen LogP contribution in [0.2, 0.25) is 0 Å². The van der Waals surface area contributed by atoms with Crippen LogP contribution in [-0.2, 0) is 22.4 Å². The maximum Gasteiger partial charge on any atom is 0.246 e. The van der Waals surface area contributed by atoms with Crippen LogP contribution >= 0.6 is 0 Å². The molecule has 1 aromatic heterocycles. The number of fused-ring (bicyclic) bond motifs is 4. The molecule has 6 rings (SSSR count). The molecule has 7 heteroatoms. The fourth-order valence-corrected chi connectivity index (χ4v) is 5.59. The van der Waals surface area contributed by atoms with E-state index in [9.17, 15) is 14.0 Å². The van der Waals surface area contributed by atoms with Crippen molar-refractivity contribution in [1.29, 1.82) is 0 Å². The van der Waals surface area contributed by atoms with Gasteiger partial charge in [-0.05, 0) is 53.4 Å². The lowest BCUT2D eigenvalue weighted by molar-refractivity contribution is -0.158. The number of aromatic amines is 1. The summed E-state index contributed by atoms with van der Waals surface area (Å²) < 4.78 is 18.7. The van der Waals surface area contributed by atoms with Crippen molar-refractivity contribution in [3.8, 4) is 5.75 Å². The Morgan fingerprint density at radius 1 is 1.03 bits per heavy atom. The number of hydrogen-bond donors (Lipinski definition) is 1. The van der Waals surface area contributed by atoms with Crippen LogP contribution in [0.3, 0.4) is 0 Å². The minimum atomic E-state index is -0.595. The van der Waals surface area contributed by atoms with Gasteiger partial charge in [0, 0.05) is 29.6 Å². The number of benzene rings is 3. The Bertz CT molecular complexity index is 1460. The fourth-order valence-electron chi connectivity index (χ4n) is 5.59. The van der Waals surface area contributed by atoms with Gasteiger partial charge in [-0.3, -0.25) is 9.59 Å². The lowest BCUT2D eigenvalue weighted by Gasteiger charge is -2.47. The molecule has 4 aromatic rings. The number of nitrogens with one attached hydrogen (secondary N) is 1. The van der Waals surface area contributed by atoms with E-state index >= 15 is 0 Å². The van der Waals surface area contributed by atoms with Gasteiger partial charge in [0.25, 0.3) is 0 Å². The lowest BCUT2D eigenvalue weighted by Crippen LogP contribution is -2.63. The number of carbonyl (C=O) groups is 2. The molecule has 0 bridgehead atoms. The first-order valence-corrected chi connectivity index (χ1v) is 12.1. The van der Waals surface area contributed by atoms with E-state index in [4.69, 9.17) is 4.74 Å². The van der Waals surface area contributed by atoms with E-state index in [0.29, 0.717) is 25.1 Å². The highest BCUT2D eigenvalue weighted by Crippen LogP contribution is 2.43. The maximum atomic E-state index is 13.8. The summed E-state index contributed by atoms with van der Waals surface area (Å²) in [5.41, 5.74) is 4.83. The predicted octanol–water partition coefficient (Wildman–Crippen LogP) is 4.24. The third-order valence-electron chi connectivity index (χ3n) is 7.34. The Balaban J connectivity index is 1.39. The molecular formula is C29H26FN3O3. The molecule has 2 atom stereocenters. The predicted molar refractivity (Wildman–Crippen MR) is 134 cm³/mol. The average molecular weight is 484 g/mol. The van der Waals surface area contributed by atoms with Crippen molar-refractivity contribution in [2.75, 3.05) is 20.2 Å². The highest BCUT2D eigenvalue weighted by molar-refractivity contribution is 5.97. The van der Waals surface area contributed by atoms with Crippen molar-refractivity contribution in [2.24, 2.45) is 0 Å². The number of amides is 2. The summed E-state index contributed by atoms with van der Waals surface area (Å²) in [6, 6.07) is 21.0. The Morgan fingerprint density at radius 3 is 2.64 bits per heavy atom. The normalized spacial score (nSPS) is 19.4. The summed E-state index contributed by atoms with van der Waals surface area (Å²) in [7, 11) is 1.62. The van der Waals surface area contributed by atoms with Gasteiger partial charge in [0.15, 0.2) is 0 Å². The van der Waals surface area contributed by atoms with Gasteiger partial charge in [-0.15, -0.1) is 0 Å². The molecule has 0 unspecified atom stereocenters. The fraction of sp³-hybridized carbons (Fsp3) is 0.241. The van der Waals surface area contributed by atoms with Gasteiger partial charge < -0.3 is 19.5 Å². The largest absolute Gasteiger partial charge is 0.497 e. The number of hydrogen-bond acceptors (Lipinski definition) is 3. The lowest BCUT2D eigenvalue weighted by atomic mass is 9.86. The van der Waals surface area contributed by atoms with Crippen LogP contribution in [0, 0.1) is 5.82 Å². The molecule has 0 saturated carbocycles. The standard InChI is InChI=1S/C29H26FN3O3/c1-36-21-6-4-5-19(15-21)28-27-23(22-7-2-3-8-24(22)31-27)16-25-29(35)32(17-26(34)33(25)28)14-13-18-9-11-20(30)12-10-18/h2-12,15,25,28,31H,13-14,16-17H2,1H3/t25-,28+/m0/s1. The highest BCUT2D eigenvalue weighted by atomic mass is 19.1. The molecule has 182 valence electrons. The van der Waals surface area contributed by atoms with Crippen molar-refractivity contribution in [3.63, 3.8) is 0 Å². The van der Waals surface area contributed by atoms with Gasteiger partial charge in [-0.1, -0.05) is 42.5 Å². The van der Waals surface area contributed by atoms with Crippen LogP contribution in [0.4, 0.5) is 4.39 Å². The molecular weight excluding hydrogens is 457 g/mol. The van der Waals surface area contributed by atoms with Crippen LogP contribution < -0.4 is 4.74 Å². The number of aromatic nitrogens is 1. The van der Waals surface area contributed by atoms with Crippen molar-refractivity contribution in [3.05, 3.63) is 101 Å². The Labute approximate surface area is 208 Å². The van der Waals surface area contributed by atoms with E-state index in [1.54, 1.807) is 29.0 Å². The highest BCUT2D eigenvalue weighted by Gasteiger charge is 2.48. The van der Waals surface area contributed by atoms with Gasteiger partial charge in [-0.25, -0.2) is 4.39 Å².